The summed E-state index contributed by atoms with van der Waals surface area (Å²) < 4.78 is 0. The lowest BCUT2D eigenvalue weighted by Crippen LogP contribution is -2.26. The number of aliphatic imine (C=N–C) groups is 1. The molecular formula is C28H33N9O2. The Bertz CT molecular complexity index is 1390. The fourth-order valence-electron chi connectivity index (χ4n) is 4.19. The highest BCUT2D eigenvalue weighted by Crippen LogP contribution is 2.45. The number of nitrogens with one attached hydrogen (secondary N) is 3. The summed E-state index contributed by atoms with van der Waals surface area (Å²) in [5.74, 6) is 7.93. The molecule has 1 saturated heterocycles. The normalized spacial score (nSPS) is 18.8. The van der Waals surface area contributed by atoms with E-state index in [0.717, 1.165) is 36.4 Å². The number of carbonyl (C=O) groups is 2. The number of allylic oxidation sites excluding steroid dienone is 1. The average molecular weight is 528 g/mol. The van der Waals surface area contributed by atoms with Gasteiger partial charge < -0.3 is 20.9 Å². The molecule has 2 unspecified atom stereocenters. The van der Waals surface area contributed by atoms with Crippen LogP contribution in [-0.4, -0.2) is 64.6 Å². The minimum atomic E-state index is -0.341. The quantitative estimate of drug-likeness (QED) is 0.257. The highest BCUT2D eigenvalue weighted by molar-refractivity contribution is 6.06. The molecule has 0 aromatic carbocycles. The van der Waals surface area contributed by atoms with Gasteiger partial charge in [-0.2, -0.15) is 0 Å². The first-order chi connectivity index (χ1) is 18.8. The van der Waals surface area contributed by atoms with Crippen LogP contribution in [-0.2, 0) is 9.59 Å². The molecule has 2 aliphatic rings. The van der Waals surface area contributed by atoms with E-state index >= 15 is 0 Å². The Kier molecular flexibility index (Phi) is 8.66. The van der Waals surface area contributed by atoms with E-state index in [4.69, 9.17) is 0 Å². The van der Waals surface area contributed by atoms with Crippen LogP contribution >= 0.6 is 0 Å². The zero-order chi connectivity index (χ0) is 27.9. The number of carbonyl (C=O) groups excluding carboxylic acids is 2. The fraction of sp³-hybridized carbons (Fsp3) is 0.393. The second-order valence-electron chi connectivity index (χ2n) is 9.58. The molecule has 2 amide bonds. The summed E-state index contributed by atoms with van der Waals surface area (Å²) in [5, 5.41) is 8.40. The zero-order valence-electron chi connectivity index (χ0n) is 22.9. The van der Waals surface area contributed by atoms with E-state index in [9.17, 15) is 9.59 Å². The highest BCUT2D eigenvalue weighted by Gasteiger charge is 2.45. The monoisotopic (exact) mass is 527 g/mol. The van der Waals surface area contributed by atoms with Crippen LogP contribution in [0.3, 0.4) is 0 Å². The van der Waals surface area contributed by atoms with E-state index in [0.29, 0.717) is 34.1 Å². The van der Waals surface area contributed by atoms with Gasteiger partial charge >= 0.3 is 0 Å². The summed E-state index contributed by atoms with van der Waals surface area (Å²) in [6, 6.07) is 0. The van der Waals surface area contributed by atoms with E-state index in [-0.39, 0.29) is 18.4 Å². The molecule has 1 aliphatic heterocycles. The van der Waals surface area contributed by atoms with Gasteiger partial charge in [-0.3, -0.25) is 14.6 Å². The summed E-state index contributed by atoms with van der Waals surface area (Å²) >= 11 is 0. The number of amides is 2. The zero-order valence-corrected chi connectivity index (χ0v) is 22.9. The van der Waals surface area contributed by atoms with Crippen LogP contribution in [0, 0.1) is 23.7 Å². The maximum Gasteiger partial charge on any atom is 0.252 e. The Labute approximate surface area is 228 Å². The Morgan fingerprint density at radius 3 is 2.46 bits per heavy atom. The second kappa shape index (κ2) is 12.3. The third-order valence-electron chi connectivity index (χ3n) is 6.84. The SMILES string of the molecule is CC#CCNC(=O)/C(C)=C(/N=C\C(C)=C(\C)C(=O)Nc1cncc(-c2cnc(N3CC4CC4C3)nc2)n1)NC. The number of hydrogen-bond donors (Lipinski definition) is 3. The maximum atomic E-state index is 12.9. The van der Waals surface area contributed by atoms with Gasteiger partial charge in [0.2, 0.25) is 5.95 Å². The van der Waals surface area contributed by atoms with Crippen LogP contribution in [0.1, 0.15) is 34.1 Å². The Hall–Kier alpha value is -4.59. The molecule has 0 spiro atoms. The van der Waals surface area contributed by atoms with Gasteiger partial charge in [0.1, 0.15) is 5.82 Å². The molecule has 39 heavy (non-hydrogen) atoms. The molecule has 3 heterocycles. The molecule has 1 saturated carbocycles. The first kappa shape index (κ1) is 27.4. The van der Waals surface area contributed by atoms with Crippen molar-refractivity contribution >= 4 is 29.8 Å². The van der Waals surface area contributed by atoms with Crippen molar-refractivity contribution in [2.45, 2.75) is 34.1 Å². The summed E-state index contributed by atoms with van der Waals surface area (Å²) in [4.78, 5) is 49.5. The maximum absolute atomic E-state index is 12.9. The standard InChI is InChI=1S/C28H33N9O2/c1-6-7-8-31-26(38)19(4)25(29-5)32-10-17(2)18(3)27(39)36-24-14-30-13-23(35-24)22-11-33-28(34-12-22)37-15-20-9-21(20)16-37/h10-14,20-21,29H,8-9,15-16H2,1-5H3,(H,31,38)(H,35,36,39)/b18-17-,25-19+,32-10-. The van der Waals surface area contributed by atoms with Crippen LogP contribution < -0.4 is 20.9 Å². The minimum Gasteiger partial charge on any atom is -0.373 e. The summed E-state index contributed by atoms with van der Waals surface area (Å²) in [6.45, 7) is 9.14. The summed E-state index contributed by atoms with van der Waals surface area (Å²) in [6.07, 6.45) is 9.43. The predicted molar refractivity (Wildman–Crippen MR) is 151 cm³/mol. The van der Waals surface area contributed by atoms with Crippen LogP contribution in [0.5, 0.6) is 0 Å². The van der Waals surface area contributed by atoms with Gasteiger partial charge in [-0.15, -0.1) is 5.92 Å². The number of rotatable bonds is 9. The summed E-state index contributed by atoms with van der Waals surface area (Å²) in [7, 11) is 1.67. The molecule has 0 bridgehead atoms. The van der Waals surface area contributed by atoms with Gasteiger partial charge in [0.15, 0.2) is 5.82 Å². The van der Waals surface area contributed by atoms with E-state index in [1.54, 1.807) is 53.3 Å². The number of anilines is 2. The molecule has 2 atom stereocenters. The molecule has 3 N–H and O–H groups in total. The molecular weight excluding hydrogens is 494 g/mol. The van der Waals surface area contributed by atoms with Gasteiger partial charge in [-0.1, -0.05) is 5.92 Å². The number of hydrogen-bond acceptors (Lipinski definition) is 9. The van der Waals surface area contributed by atoms with Crippen molar-refractivity contribution in [2.75, 3.05) is 36.9 Å². The first-order valence-corrected chi connectivity index (χ1v) is 12.8. The lowest BCUT2D eigenvalue weighted by molar-refractivity contribution is -0.117. The van der Waals surface area contributed by atoms with Gasteiger partial charge in [0.25, 0.3) is 11.8 Å². The molecule has 202 valence electrons. The van der Waals surface area contributed by atoms with Crippen LogP contribution in [0.2, 0.25) is 0 Å². The van der Waals surface area contributed by atoms with Crippen molar-refractivity contribution in [3.63, 3.8) is 0 Å². The average Bonchev–Trinajstić information content (AvgIpc) is 3.57. The third kappa shape index (κ3) is 6.84. The Morgan fingerprint density at radius 1 is 1.08 bits per heavy atom. The van der Waals surface area contributed by atoms with Crippen molar-refractivity contribution in [3.05, 3.63) is 47.3 Å². The molecule has 0 radical (unpaired) electrons. The lowest BCUT2D eigenvalue weighted by atomic mass is 10.1. The lowest BCUT2D eigenvalue weighted by Gasteiger charge is -2.17. The van der Waals surface area contributed by atoms with E-state index in [1.165, 1.54) is 18.8 Å². The number of aromatic nitrogens is 4. The third-order valence-corrected chi connectivity index (χ3v) is 6.84. The van der Waals surface area contributed by atoms with E-state index in [1.807, 2.05) is 0 Å². The molecule has 11 nitrogen and oxygen atoms in total. The largest absolute Gasteiger partial charge is 0.373 e. The highest BCUT2D eigenvalue weighted by atomic mass is 16.2. The topological polar surface area (TPSA) is 137 Å². The Morgan fingerprint density at radius 2 is 1.79 bits per heavy atom. The van der Waals surface area contributed by atoms with Crippen LogP contribution in [0.15, 0.2) is 52.3 Å². The van der Waals surface area contributed by atoms with Gasteiger partial charge in [0, 0.05) is 49.9 Å². The van der Waals surface area contributed by atoms with Gasteiger partial charge in [-0.05, 0) is 51.5 Å². The first-order valence-electron chi connectivity index (χ1n) is 12.8. The number of piperidine rings is 1. The van der Waals surface area contributed by atoms with Crippen molar-refractivity contribution in [3.8, 4) is 23.1 Å². The Balaban J connectivity index is 1.40. The van der Waals surface area contributed by atoms with Gasteiger partial charge in [-0.25, -0.2) is 19.9 Å². The molecule has 11 heteroatoms. The van der Waals surface area contributed by atoms with E-state index in [2.05, 4.69) is 57.6 Å². The molecule has 2 fully saturated rings. The fourth-order valence-corrected chi connectivity index (χ4v) is 4.19. The molecule has 2 aromatic rings. The number of nitrogens with zero attached hydrogens (tertiary/aromatic N) is 6. The minimum absolute atomic E-state index is 0.257. The number of fused-ring (bicyclic) bond motifs is 1. The summed E-state index contributed by atoms with van der Waals surface area (Å²) in [5.41, 5.74) is 2.75. The van der Waals surface area contributed by atoms with Crippen LogP contribution in [0.25, 0.3) is 11.3 Å². The second-order valence-corrected chi connectivity index (χ2v) is 9.58. The molecule has 1 aliphatic carbocycles. The van der Waals surface area contributed by atoms with Crippen molar-refractivity contribution in [1.82, 2.24) is 30.6 Å². The smallest absolute Gasteiger partial charge is 0.252 e. The van der Waals surface area contributed by atoms with Gasteiger partial charge in [0.05, 0.1) is 30.2 Å². The van der Waals surface area contributed by atoms with Crippen molar-refractivity contribution in [2.24, 2.45) is 16.8 Å². The van der Waals surface area contributed by atoms with Crippen molar-refractivity contribution in [1.29, 1.82) is 0 Å². The van der Waals surface area contributed by atoms with Crippen LogP contribution in [0.4, 0.5) is 11.8 Å². The predicted octanol–water partition coefficient (Wildman–Crippen LogP) is 2.33. The van der Waals surface area contributed by atoms with E-state index < -0.39 is 0 Å². The van der Waals surface area contributed by atoms with Crippen molar-refractivity contribution < 1.29 is 9.59 Å². The molecule has 2 aromatic heterocycles. The molecule has 4 rings (SSSR count).